The van der Waals surface area contributed by atoms with E-state index >= 15 is 0 Å². The number of benzene rings is 1. The van der Waals surface area contributed by atoms with Gasteiger partial charge in [0, 0.05) is 11.8 Å². The second-order valence-electron chi connectivity index (χ2n) is 4.71. The Morgan fingerprint density at radius 1 is 1.47 bits per heavy atom. The van der Waals surface area contributed by atoms with Crippen molar-refractivity contribution in [2.45, 2.75) is 18.9 Å². The topological polar surface area (TPSA) is 55.1 Å². The number of nitrogens with one attached hydrogen (secondary N) is 1. The number of thiocarbonyl (C=S) groups is 1. The maximum Gasteiger partial charge on any atom is 0.230 e. The van der Waals surface area contributed by atoms with Crippen molar-refractivity contribution in [3.8, 4) is 0 Å². The SMILES string of the molecule is NC(=S)C(Cc1ccccc1)C(=O)NC1CCSC1. The molecule has 0 aliphatic carbocycles. The first-order valence-corrected chi connectivity index (χ1v) is 7.94. The Hall–Kier alpha value is -1.07. The van der Waals surface area contributed by atoms with Crippen LogP contribution in [0.3, 0.4) is 0 Å². The smallest absolute Gasteiger partial charge is 0.230 e. The van der Waals surface area contributed by atoms with Crippen molar-refractivity contribution in [2.24, 2.45) is 11.7 Å². The highest BCUT2D eigenvalue weighted by Crippen LogP contribution is 2.18. The van der Waals surface area contributed by atoms with Crippen LogP contribution in [-0.4, -0.2) is 28.4 Å². The molecule has 3 nitrogen and oxygen atoms in total. The lowest BCUT2D eigenvalue weighted by Crippen LogP contribution is -2.43. The zero-order chi connectivity index (χ0) is 13.7. The molecule has 0 aromatic heterocycles. The Morgan fingerprint density at radius 3 is 2.79 bits per heavy atom. The molecule has 2 rings (SSSR count). The lowest BCUT2D eigenvalue weighted by Gasteiger charge is -2.18. The van der Waals surface area contributed by atoms with Crippen LogP contribution in [0.4, 0.5) is 0 Å². The number of rotatable bonds is 5. The van der Waals surface area contributed by atoms with Crippen LogP contribution in [0.1, 0.15) is 12.0 Å². The molecule has 1 saturated heterocycles. The molecule has 3 N–H and O–H groups in total. The van der Waals surface area contributed by atoms with Gasteiger partial charge in [-0.05, 0) is 24.2 Å². The van der Waals surface area contributed by atoms with Crippen molar-refractivity contribution in [2.75, 3.05) is 11.5 Å². The Labute approximate surface area is 123 Å². The number of carbonyl (C=O) groups is 1. The highest BCUT2D eigenvalue weighted by Gasteiger charge is 2.25. The predicted molar refractivity (Wildman–Crippen MR) is 84.3 cm³/mol. The van der Waals surface area contributed by atoms with Gasteiger partial charge in [0.1, 0.15) is 0 Å². The second-order valence-corrected chi connectivity index (χ2v) is 6.34. The molecular formula is C14H18N2OS2. The van der Waals surface area contributed by atoms with Crippen LogP contribution in [-0.2, 0) is 11.2 Å². The van der Waals surface area contributed by atoms with Gasteiger partial charge < -0.3 is 11.1 Å². The Kier molecular flexibility index (Phi) is 5.22. The van der Waals surface area contributed by atoms with Gasteiger partial charge in [-0.1, -0.05) is 42.5 Å². The van der Waals surface area contributed by atoms with Crippen molar-refractivity contribution >= 4 is 34.9 Å². The van der Waals surface area contributed by atoms with Crippen molar-refractivity contribution < 1.29 is 4.79 Å². The van der Waals surface area contributed by atoms with Crippen LogP contribution < -0.4 is 11.1 Å². The molecule has 0 saturated carbocycles. The molecule has 5 heteroatoms. The molecule has 0 bridgehead atoms. The standard InChI is InChI=1S/C14H18N2OS2/c15-13(18)12(8-10-4-2-1-3-5-10)14(17)16-11-6-7-19-9-11/h1-5,11-12H,6-9H2,(H2,15,18)(H,16,17). The van der Waals surface area contributed by atoms with E-state index in [0.717, 1.165) is 23.5 Å². The van der Waals surface area contributed by atoms with Crippen molar-refractivity contribution in [3.63, 3.8) is 0 Å². The minimum atomic E-state index is -0.414. The maximum absolute atomic E-state index is 12.3. The molecule has 1 fully saturated rings. The van der Waals surface area contributed by atoms with Crippen LogP contribution in [0, 0.1) is 5.92 Å². The average molecular weight is 294 g/mol. The molecule has 19 heavy (non-hydrogen) atoms. The van der Waals surface area contributed by atoms with E-state index in [1.54, 1.807) is 0 Å². The zero-order valence-corrected chi connectivity index (χ0v) is 12.3. The Bertz CT molecular complexity index is 444. The first kappa shape index (κ1) is 14.3. The summed E-state index contributed by atoms with van der Waals surface area (Å²) in [5.74, 6) is 1.65. The lowest BCUT2D eigenvalue weighted by molar-refractivity contribution is -0.123. The summed E-state index contributed by atoms with van der Waals surface area (Å²) in [5, 5.41) is 3.05. The van der Waals surface area contributed by atoms with Crippen LogP contribution in [0.2, 0.25) is 0 Å². The van der Waals surface area contributed by atoms with Gasteiger partial charge in [-0.15, -0.1) is 0 Å². The first-order chi connectivity index (χ1) is 9.16. The van der Waals surface area contributed by atoms with Gasteiger partial charge in [-0.25, -0.2) is 0 Å². The fourth-order valence-electron chi connectivity index (χ4n) is 2.12. The molecule has 1 aliphatic rings. The molecule has 1 heterocycles. The number of hydrogen-bond acceptors (Lipinski definition) is 3. The molecular weight excluding hydrogens is 276 g/mol. The average Bonchev–Trinajstić information content (AvgIpc) is 2.89. The van der Waals surface area contributed by atoms with Gasteiger partial charge in [0.15, 0.2) is 0 Å². The van der Waals surface area contributed by atoms with Gasteiger partial charge in [0.05, 0.1) is 10.9 Å². The van der Waals surface area contributed by atoms with E-state index in [0.29, 0.717) is 6.42 Å². The summed E-state index contributed by atoms with van der Waals surface area (Å²) in [6, 6.07) is 10.1. The van der Waals surface area contributed by atoms with E-state index in [9.17, 15) is 4.79 Å². The van der Waals surface area contributed by atoms with Gasteiger partial charge in [0.25, 0.3) is 0 Å². The van der Waals surface area contributed by atoms with Gasteiger partial charge in [-0.2, -0.15) is 11.8 Å². The second kappa shape index (κ2) is 6.91. The van der Waals surface area contributed by atoms with E-state index in [2.05, 4.69) is 5.32 Å². The molecule has 1 aromatic rings. The fourth-order valence-corrected chi connectivity index (χ4v) is 3.47. The zero-order valence-electron chi connectivity index (χ0n) is 10.7. The largest absolute Gasteiger partial charge is 0.393 e. The Morgan fingerprint density at radius 2 is 2.21 bits per heavy atom. The van der Waals surface area contributed by atoms with Crippen LogP contribution in [0.25, 0.3) is 0 Å². The van der Waals surface area contributed by atoms with Crippen LogP contribution in [0.5, 0.6) is 0 Å². The fraction of sp³-hybridized carbons (Fsp3) is 0.429. The monoisotopic (exact) mass is 294 g/mol. The Balaban J connectivity index is 1.98. The van der Waals surface area contributed by atoms with E-state index in [4.69, 9.17) is 18.0 Å². The number of thioether (sulfide) groups is 1. The molecule has 1 aliphatic heterocycles. The highest BCUT2D eigenvalue weighted by atomic mass is 32.2. The summed E-state index contributed by atoms with van der Waals surface area (Å²) in [6.07, 6.45) is 1.60. The third kappa shape index (κ3) is 4.21. The van der Waals surface area contributed by atoms with Gasteiger partial charge in [-0.3, -0.25) is 4.79 Å². The lowest BCUT2D eigenvalue weighted by atomic mass is 9.98. The number of amides is 1. The summed E-state index contributed by atoms with van der Waals surface area (Å²) in [5.41, 5.74) is 6.80. The molecule has 0 spiro atoms. The summed E-state index contributed by atoms with van der Waals surface area (Å²) < 4.78 is 0. The first-order valence-electron chi connectivity index (χ1n) is 6.38. The number of nitrogens with two attached hydrogens (primary N) is 1. The summed E-state index contributed by atoms with van der Waals surface area (Å²) in [6.45, 7) is 0. The minimum Gasteiger partial charge on any atom is -0.393 e. The van der Waals surface area contributed by atoms with Crippen molar-refractivity contribution in [3.05, 3.63) is 35.9 Å². The van der Waals surface area contributed by atoms with Crippen LogP contribution in [0.15, 0.2) is 30.3 Å². The predicted octanol–water partition coefficient (Wildman–Crippen LogP) is 1.75. The summed E-state index contributed by atoms with van der Waals surface area (Å²) >= 11 is 6.91. The maximum atomic E-state index is 12.3. The third-order valence-corrected chi connectivity index (χ3v) is 4.67. The number of carbonyl (C=O) groups excluding carboxylic acids is 1. The highest BCUT2D eigenvalue weighted by molar-refractivity contribution is 7.99. The molecule has 1 aromatic carbocycles. The van der Waals surface area contributed by atoms with E-state index in [1.807, 2.05) is 42.1 Å². The quantitative estimate of drug-likeness (QED) is 0.813. The van der Waals surface area contributed by atoms with E-state index in [1.165, 1.54) is 0 Å². The molecule has 2 atom stereocenters. The van der Waals surface area contributed by atoms with Crippen LogP contribution >= 0.6 is 24.0 Å². The third-order valence-electron chi connectivity index (χ3n) is 3.22. The molecule has 0 radical (unpaired) electrons. The van der Waals surface area contributed by atoms with E-state index in [-0.39, 0.29) is 16.9 Å². The normalized spacial score (nSPS) is 19.9. The minimum absolute atomic E-state index is 0.0381. The number of hydrogen-bond donors (Lipinski definition) is 2. The van der Waals surface area contributed by atoms with Crippen molar-refractivity contribution in [1.82, 2.24) is 5.32 Å². The van der Waals surface area contributed by atoms with Crippen molar-refractivity contribution in [1.29, 1.82) is 0 Å². The van der Waals surface area contributed by atoms with Gasteiger partial charge in [0.2, 0.25) is 5.91 Å². The molecule has 102 valence electrons. The summed E-state index contributed by atoms with van der Waals surface area (Å²) in [4.78, 5) is 12.5. The molecule has 2 unspecified atom stereocenters. The van der Waals surface area contributed by atoms with E-state index < -0.39 is 5.92 Å². The molecule has 1 amide bonds. The summed E-state index contributed by atoms with van der Waals surface area (Å²) in [7, 11) is 0. The van der Waals surface area contributed by atoms with Gasteiger partial charge >= 0.3 is 0 Å².